The molecule has 0 aliphatic carbocycles. The van der Waals surface area contributed by atoms with Crippen LogP contribution in [0, 0.1) is 23.4 Å². The second-order valence-electron chi connectivity index (χ2n) is 4.89. The first-order chi connectivity index (χ1) is 9.23. The molecule has 2 unspecified atom stereocenters. The Hall–Kier alpha value is -1.12. The monoisotopic (exact) mass is 309 g/mol. The zero-order valence-corrected chi connectivity index (χ0v) is 11.5. The van der Waals surface area contributed by atoms with Crippen LogP contribution in [0.4, 0.5) is 13.2 Å². The lowest BCUT2D eigenvalue weighted by Crippen LogP contribution is -2.46. The van der Waals surface area contributed by atoms with E-state index in [-0.39, 0.29) is 19.0 Å². The van der Waals surface area contributed by atoms with Gasteiger partial charge in [-0.1, -0.05) is 6.92 Å². The van der Waals surface area contributed by atoms with E-state index in [0.717, 1.165) is 4.31 Å². The Bertz CT molecular complexity index is 597. The lowest BCUT2D eigenvalue weighted by molar-refractivity contribution is 0.0603. The maximum Gasteiger partial charge on any atom is 0.249 e. The molecule has 0 spiro atoms. The van der Waals surface area contributed by atoms with Gasteiger partial charge in [-0.15, -0.1) is 0 Å². The third-order valence-electron chi connectivity index (χ3n) is 3.44. The van der Waals surface area contributed by atoms with E-state index in [1.807, 2.05) is 0 Å². The minimum Gasteiger partial charge on any atom is -0.391 e. The number of rotatable bonds is 2. The quantitative estimate of drug-likeness (QED) is 0.900. The van der Waals surface area contributed by atoms with Crippen molar-refractivity contribution in [1.29, 1.82) is 0 Å². The third-order valence-corrected chi connectivity index (χ3v) is 5.36. The topological polar surface area (TPSA) is 57.6 Å². The van der Waals surface area contributed by atoms with Crippen molar-refractivity contribution in [2.75, 3.05) is 13.1 Å². The fourth-order valence-electron chi connectivity index (χ4n) is 2.14. The highest BCUT2D eigenvalue weighted by Crippen LogP contribution is 2.27. The molecule has 0 bridgehead atoms. The molecule has 0 saturated carbocycles. The second kappa shape index (κ2) is 5.34. The highest BCUT2D eigenvalue weighted by atomic mass is 32.2. The van der Waals surface area contributed by atoms with Gasteiger partial charge in [0.25, 0.3) is 0 Å². The zero-order valence-electron chi connectivity index (χ0n) is 10.7. The van der Waals surface area contributed by atoms with Gasteiger partial charge in [0, 0.05) is 25.2 Å². The van der Waals surface area contributed by atoms with Crippen molar-refractivity contribution in [3.8, 4) is 0 Å². The molecule has 1 heterocycles. The van der Waals surface area contributed by atoms with Crippen LogP contribution in [0.25, 0.3) is 0 Å². The van der Waals surface area contributed by atoms with Gasteiger partial charge in [-0.2, -0.15) is 4.31 Å². The summed E-state index contributed by atoms with van der Waals surface area (Å²) in [6.07, 6.45) is -0.518. The molecular formula is C12H14F3NO3S. The highest BCUT2D eigenvalue weighted by Gasteiger charge is 2.36. The van der Waals surface area contributed by atoms with Gasteiger partial charge in [0.05, 0.1) is 6.10 Å². The molecule has 0 radical (unpaired) electrons. The van der Waals surface area contributed by atoms with Crippen LogP contribution in [-0.4, -0.2) is 37.0 Å². The maximum absolute atomic E-state index is 13.6. The molecule has 0 aromatic heterocycles. The van der Waals surface area contributed by atoms with Crippen molar-refractivity contribution in [1.82, 2.24) is 4.31 Å². The van der Waals surface area contributed by atoms with E-state index in [9.17, 15) is 26.7 Å². The van der Waals surface area contributed by atoms with Gasteiger partial charge in [0.15, 0.2) is 4.90 Å². The van der Waals surface area contributed by atoms with Crippen LogP contribution >= 0.6 is 0 Å². The molecule has 2 rings (SSSR count). The number of halogens is 3. The standard InChI is InChI=1S/C12H14F3NO3S/c1-7-2-3-16(6-11(7)17)20(18,19)12-9(14)4-8(13)5-10(12)15/h4-5,7,11,17H,2-3,6H2,1H3. The molecule has 1 fully saturated rings. The lowest BCUT2D eigenvalue weighted by Gasteiger charge is -2.33. The molecule has 1 aromatic rings. The van der Waals surface area contributed by atoms with Gasteiger partial charge in [-0.25, -0.2) is 21.6 Å². The van der Waals surface area contributed by atoms with E-state index in [2.05, 4.69) is 0 Å². The average Bonchev–Trinajstić information content (AvgIpc) is 2.30. The SMILES string of the molecule is CC1CCN(S(=O)(=O)c2c(F)cc(F)cc2F)CC1O. The summed E-state index contributed by atoms with van der Waals surface area (Å²) >= 11 is 0. The minimum absolute atomic E-state index is 0.0524. The molecule has 4 nitrogen and oxygen atoms in total. The largest absolute Gasteiger partial charge is 0.391 e. The van der Waals surface area contributed by atoms with Crippen LogP contribution in [-0.2, 0) is 10.0 Å². The number of hydrogen-bond acceptors (Lipinski definition) is 3. The Morgan fingerprint density at radius 3 is 2.30 bits per heavy atom. The van der Waals surface area contributed by atoms with Crippen LogP contribution in [0.15, 0.2) is 17.0 Å². The van der Waals surface area contributed by atoms with Crippen LogP contribution in [0.2, 0.25) is 0 Å². The Balaban J connectivity index is 2.41. The van der Waals surface area contributed by atoms with Crippen LogP contribution in [0.1, 0.15) is 13.3 Å². The summed E-state index contributed by atoms with van der Waals surface area (Å²) < 4.78 is 65.2. The fourth-order valence-corrected chi connectivity index (χ4v) is 3.71. The first kappa shape index (κ1) is 15.3. The Morgan fingerprint density at radius 2 is 1.80 bits per heavy atom. The number of nitrogens with zero attached hydrogens (tertiary/aromatic N) is 1. The molecule has 20 heavy (non-hydrogen) atoms. The number of aliphatic hydroxyl groups is 1. The molecule has 1 aliphatic rings. The second-order valence-corrected chi connectivity index (χ2v) is 6.77. The van der Waals surface area contributed by atoms with Crippen LogP contribution in [0.3, 0.4) is 0 Å². The maximum atomic E-state index is 13.6. The summed E-state index contributed by atoms with van der Waals surface area (Å²) in [4.78, 5) is -1.18. The van der Waals surface area contributed by atoms with Crippen molar-refractivity contribution in [3.63, 3.8) is 0 Å². The molecule has 0 amide bonds. The molecule has 2 atom stereocenters. The van der Waals surface area contributed by atoms with E-state index >= 15 is 0 Å². The number of aliphatic hydroxyl groups excluding tert-OH is 1. The summed E-state index contributed by atoms with van der Waals surface area (Å²) in [6.45, 7) is 1.57. The van der Waals surface area contributed by atoms with Crippen molar-refractivity contribution < 1.29 is 26.7 Å². The molecule has 8 heteroatoms. The van der Waals surface area contributed by atoms with E-state index in [1.165, 1.54) is 0 Å². The summed E-state index contributed by atoms with van der Waals surface area (Å²) in [5.41, 5.74) is 0. The molecule has 1 N–H and O–H groups in total. The highest BCUT2D eigenvalue weighted by molar-refractivity contribution is 7.89. The van der Waals surface area contributed by atoms with E-state index < -0.39 is 38.5 Å². The number of benzene rings is 1. The smallest absolute Gasteiger partial charge is 0.249 e. The summed E-state index contributed by atoms with van der Waals surface area (Å²) in [7, 11) is -4.44. The van der Waals surface area contributed by atoms with Gasteiger partial charge in [0.1, 0.15) is 17.5 Å². The first-order valence-corrected chi connectivity index (χ1v) is 7.50. The Morgan fingerprint density at radius 1 is 1.25 bits per heavy atom. The minimum atomic E-state index is -4.44. The van der Waals surface area contributed by atoms with Crippen molar-refractivity contribution in [3.05, 3.63) is 29.6 Å². The third kappa shape index (κ3) is 2.68. The van der Waals surface area contributed by atoms with Gasteiger partial charge >= 0.3 is 0 Å². The molecule has 1 saturated heterocycles. The Kier molecular flexibility index (Phi) is 4.08. The van der Waals surface area contributed by atoms with E-state index in [0.29, 0.717) is 18.6 Å². The predicted octanol–water partition coefficient (Wildman–Crippen LogP) is 1.50. The van der Waals surface area contributed by atoms with Gasteiger partial charge in [-0.3, -0.25) is 0 Å². The number of sulfonamides is 1. The lowest BCUT2D eigenvalue weighted by atomic mass is 9.98. The zero-order chi connectivity index (χ0) is 15.1. The van der Waals surface area contributed by atoms with Gasteiger partial charge in [0.2, 0.25) is 10.0 Å². The normalized spacial score (nSPS) is 24.9. The van der Waals surface area contributed by atoms with Gasteiger partial charge in [-0.05, 0) is 12.3 Å². The number of piperidine rings is 1. The fraction of sp³-hybridized carbons (Fsp3) is 0.500. The van der Waals surface area contributed by atoms with E-state index in [4.69, 9.17) is 0 Å². The van der Waals surface area contributed by atoms with E-state index in [1.54, 1.807) is 6.92 Å². The summed E-state index contributed by atoms with van der Waals surface area (Å²) in [5, 5.41) is 9.69. The molecule has 1 aliphatic heterocycles. The summed E-state index contributed by atoms with van der Waals surface area (Å²) in [6, 6.07) is 0.637. The van der Waals surface area contributed by atoms with Gasteiger partial charge < -0.3 is 5.11 Å². The van der Waals surface area contributed by atoms with Crippen molar-refractivity contribution >= 4 is 10.0 Å². The van der Waals surface area contributed by atoms with Crippen molar-refractivity contribution in [2.45, 2.75) is 24.3 Å². The van der Waals surface area contributed by atoms with Crippen molar-refractivity contribution in [2.24, 2.45) is 5.92 Å². The molecule has 1 aromatic carbocycles. The predicted molar refractivity (Wildman–Crippen MR) is 64.9 cm³/mol. The molecule has 112 valence electrons. The number of β-amino-alcohol motifs (C(OH)–C–C–N with tert-alkyl or cyclic N) is 1. The first-order valence-electron chi connectivity index (χ1n) is 6.06. The van der Waals surface area contributed by atoms with Crippen LogP contribution < -0.4 is 0 Å². The number of hydrogen-bond donors (Lipinski definition) is 1. The van der Waals surface area contributed by atoms with Crippen LogP contribution in [0.5, 0.6) is 0 Å². The Labute approximate surface area is 114 Å². The summed E-state index contributed by atoms with van der Waals surface area (Å²) in [5.74, 6) is -4.23. The average molecular weight is 309 g/mol. The molecular weight excluding hydrogens is 295 g/mol.